The maximum atomic E-state index is 13.0. The summed E-state index contributed by atoms with van der Waals surface area (Å²) in [4.78, 5) is 54.4. The standard InChI is InChI=1S/C49H86O18P2/c1-3-5-7-9-11-13-15-17-18-19-20-21-23-25-27-29-31-35-43(53)65-39(38-64-69(61,62)67-49-46(56)44(54)45(55)48(47(49)57)66-68(58,59)60)37-63-42(52)36-32-34-41(51)40(50)33-30-28-26-24-22-16-14-12-10-8-6-4-2/h6,8,12,14,17-18,22,24,28,30,39-41,44-51,54-57H,3-5,7,9-11,13,15-16,19-21,23,25-27,29,31-38H2,1-2H3,(H,61,62)(H2,58,59,60)/b8-6-,14-12-,18-17-,24-22-,30-28-/t39-,40+,41+,44?,45?,46?,47?,48-,49+/m1/s1. The van der Waals surface area contributed by atoms with Crippen molar-refractivity contribution in [1.82, 2.24) is 0 Å². The molecule has 9 N–H and O–H groups in total. The zero-order valence-electron chi connectivity index (χ0n) is 40.9. The van der Waals surface area contributed by atoms with E-state index in [1.165, 1.54) is 38.5 Å². The van der Waals surface area contributed by atoms with Crippen molar-refractivity contribution >= 4 is 27.6 Å². The SMILES string of the molecule is CC/C=C\C/C=C\C/C=C\C/C=C\C[C@H](O)[C@@H](O)CCCC(=O)OC[C@H](COP(=O)(O)O[C@H]1C(O)C(O)C(O)[C@@H](OP(=O)(O)O)C1O)OC(=O)CCCCCCCCC/C=C\CCCCCCCC. The summed E-state index contributed by atoms with van der Waals surface area (Å²) in [5.74, 6) is -1.50. The van der Waals surface area contributed by atoms with Gasteiger partial charge in [0.1, 0.15) is 43.2 Å². The van der Waals surface area contributed by atoms with Crippen LogP contribution in [0.15, 0.2) is 60.8 Å². The summed E-state index contributed by atoms with van der Waals surface area (Å²) < 4.78 is 49.2. The Hall–Kier alpha value is -2.38. The minimum absolute atomic E-state index is 0.0239. The third-order valence-corrected chi connectivity index (χ3v) is 12.8. The van der Waals surface area contributed by atoms with Gasteiger partial charge in [-0.2, -0.15) is 0 Å². The van der Waals surface area contributed by atoms with E-state index in [9.17, 15) is 64.0 Å². The van der Waals surface area contributed by atoms with E-state index >= 15 is 0 Å². The Bertz CT molecular complexity index is 1600. The van der Waals surface area contributed by atoms with Gasteiger partial charge in [0.25, 0.3) is 0 Å². The highest BCUT2D eigenvalue weighted by molar-refractivity contribution is 7.47. The summed E-state index contributed by atoms with van der Waals surface area (Å²) in [6, 6.07) is 0. The number of carbonyl (C=O) groups is 2. The summed E-state index contributed by atoms with van der Waals surface area (Å²) in [5.41, 5.74) is 0. The van der Waals surface area contributed by atoms with E-state index in [-0.39, 0.29) is 32.1 Å². The molecule has 0 amide bonds. The van der Waals surface area contributed by atoms with Gasteiger partial charge in [0, 0.05) is 12.8 Å². The van der Waals surface area contributed by atoms with Gasteiger partial charge in [-0.15, -0.1) is 0 Å². The van der Waals surface area contributed by atoms with Crippen LogP contribution in [0.2, 0.25) is 0 Å². The Labute approximate surface area is 410 Å². The monoisotopic (exact) mass is 1020 g/mol. The molecule has 10 atom stereocenters. The average Bonchev–Trinajstić information content (AvgIpc) is 3.30. The molecule has 0 aromatic heterocycles. The van der Waals surface area contributed by atoms with E-state index in [1.54, 1.807) is 6.08 Å². The number of ether oxygens (including phenoxy) is 2. The third kappa shape index (κ3) is 33.1. The first-order chi connectivity index (χ1) is 32.9. The van der Waals surface area contributed by atoms with Crippen LogP contribution in [0.1, 0.15) is 168 Å². The molecule has 0 heterocycles. The van der Waals surface area contributed by atoms with Crippen LogP contribution in [-0.4, -0.2) is 125 Å². The highest BCUT2D eigenvalue weighted by Gasteiger charge is 2.54. The molecule has 18 nitrogen and oxygen atoms in total. The smallest absolute Gasteiger partial charge is 0.462 e. The molecule has 1 rings (SSSR count). The lowest BCUT2D eigenvalue weighted by Gasteiger charge is -2.43. The maximum absolute atomic E-state index is 13.0. The molecule has 0 radical (unpaired) electrons. The predicted octanol–water partition coefficient (Wildman–Crippen LogP) is 7.78. The Balaban J connectivity index is 2.67. The molecule has 1 aliphatic rings. The van der Waals surface area contributed by atoms with E-state index in [0.29, 0.717) is 12.8 Å². The van der Waals surface area contributed by atoms with Crippen LogP contribution in [0.4, 0.5) is 0 Å². The number of phosphoric ester groups is 2. The van der Waals surface area contributed by atoms with E-state index in [2.05, 4.69) is 54.8 Å². The Morgan fingerprint density at radius 1 is 0.536 bits per heavy atom. The number of aliphatic hydroxyl groups excluding tert-OH is 6. The molecule has 0 aromatic carbocycles. The highest BCUT2D eigenvalue weighted by atomic mass is 31.2. The first-order valence-electron chi connectivity index (χ1n) is 25.0. The number of unbranched alkanes of at least 4 members (excludes halogenated alkanes) is 13. The number of hydrogen-bond acceptors (Lipinski definition) is 15. The molecular weight excluding hydrogens is 938 g/mol. The molecule has 20 heteroatoms. The number of hydrogen-bond donors (Lipinski definition) is 9. The molecule has 0 saturated heterocycles. The minimum Gasteiger partial charge on any atom is -0.462 e. The van der Waals surface area contributed by atoms with Gasteiger partial charge >= 0.3 is 27.6 Å². The van der Waals surface area contributed by atoms with Crippen molar-refractivity contribution in [3.05, 3.63) is 60.8 Å². The Morgan fingerprint density at radius 2 is 1.03 bits per heavy atom. The van der Waals surface area contributed by atoms with Crippen LogP contribution in [0.25, 0.3) is 0 Å². The van der Waals surface area contributed by atoms with Gasteiger partial charge in [-0.25, -0.2) is 9.13 Å². The summed E-state index contributed by atoms with van der Waals surface area (Å²) in [7, 11) is -10.8. The molecular formula is C49H86O18P2. The molecule has 0 spiro atoms. The Morgan fingerprint density at radius 3 is 1.58 bits per heavy atom. The predicted molar refractivity (Wildman–Crippen MR) is 262 cm³/mol. The van der Waals surface area contributed by atoms with Crippen LogP contribution in [0.3, 0.4) is 0 Å². The van der Waals surface area contributed by atoms with Gasteiger partial charge in [-0.3, -0.25) is 23.2 Å². The van der Waals surface area contributed by atoms with Gasteiger partial charge in [0.15, 0.2) is 6.10 Å². The van der Waals surface area contributed by atoms with E-state index in [1.807, 2.05) is 18.2 Å². The zero-order chi connectivity index (χ0) is 51.3. The van der Waals surface area contributed by atoms with E-state index < -0.39 is 95.7 Å². The molecule has 400 valence electrons. The largest absolute Gasteiger partial charge is 0.472 e. The number of rotatable bonds is 41. The first-order valence-corrected chi connectivity index (χ1v) is 28.0. The van der Waals surface area contributed by atoms with Crippen LogP contribution >= 0.6 is 15.6 Å². The number of aliphatic hydroxyl groups is 6. The van der Waals surface area contributed by atoms with E-state index in [0.717, 1.165) is 70.6 Å². The second-order valence-electron chi connectivity index (χ2n) is 17.5. The van der Waals surface area contributed by atoms with Gasteiger partial charge < -0.3 is 54.8 Å². The number of phosphoric acid groups is 2. The second-order valence-corrected chi connectivity index (χ2v) is 20.1. The first kappa shape index (κ1) is 64.6. The second kappa shape index (κ2) is 39.2. The number of esters is 2. The quantitative estimate of drug-likeness (QED) is 0.0122. The fourth-order valence-electron chi connectivity index (χ4n) is 7.28. The van der Waals surface area contributed by atoms with Crippen LogP contribution < -0.4 is 0 Å². The third-order valence-electron chi connectivity index (χ3n) is 11.3. The van der Waals surface area contributed by atoms with Crippen molar-refractivity contribution in [3.8, 4) is 0 Å². The van der Waals surface area contributed by atoms with Crippen molar-refractivity contribution in [2.45, 2.75) is 223 Å². The summed E-state index contributed by atoms with van der Waals surface area (Å²) in [5, 5.41) is 62.1. The highest BCUT2D eigenvalue weighted by Crippen LogP contribution is 2.49. The normalized spacial score (nSPS) is 22.5. The van der Waals surface area contributed by atoms with Gasteiger partial charge in [0.05, 0.1) is 18.8 Å². The van der Waals surface area contributed by atoms with Gasteiger partial charge in [-0.1, -0.05) is 139 Å². The molecule has 5 unspecified atom stereocenters. The van der Waals surface area contributed by atoms with Crippen molar-refractivity contribution in [3.63, 3.8) is 0 Å². The molecule has 0 aromatic rings. The van der Waals surface area contributed by atoms with E-state index in [4.69, 9.17) is 18.5 Å². The van der Waals surface area contributed by atoms with Crippen molar-refractivity contribution in [2.24, 2.45) is 0 Å². The van der Waals surface area contributed by atoms with Gasteiger partial charge in [0.2, 0.25) is 0 Å². The fourth-order valence-corrected chi connectivity index (χ4v) is 8.82. The molecule has 0 bridgehead atoms. The summed E-state index contributed by atoms with van der Waals surface area (Å²) in [6.45, 7) is 2.74. The minimum atomic E-state index is -5.40. The molecule has 1 fully saturated rings. The van der Waals surface area contributed by atoms with Crippen molar-refractivity contribution in [2.75, 3.05) is 13.2 Å². The molecule has 69 heavy (non-hydrogen) atoms. The number of carbonyl (C=O) groups excluding carboxylic acids is 2. The van der Waals surface area contributed by atoms with Crippen LogP contribution in [0.5, 0.6) is 0 Å². The molecule has 1 saturated carbocycles. The van der Waals surface area contributed by atoms with Crippen molar-refractivity contribution < 1.29 is 87.1 Å². The Kier molecular flexibility index (Phi) is 36.7. The molecule has 1 aliphatic carbocycles. The number of allylic oxidation sites excluding steroid dienone is 9. The lowest BCUT2D eigenvalue weighted by Crippen LogP contribution is -2.64. The lowest BCUT2D eigenvalue weighted by molar-refractivity contribution is -0.216. The summed E-state index contributed by atoms with van der Waals surface area (Å²) in [6.07, 6.45) is 23.2. The topological polar surface area (TPSA) is 296 Å². The van der Waals surface area contributed by atoms with Crippen LogP contribution in [-0.2, 0) is 41.8 Å². The zero-order valence-corrected chi connectivity index (χ0v) is 42.7. The maximum Gasteiger partial charge on any atom is 0.472 e. The van der Waals surface area contributed by atoms with Crippen LogP contribution in [0, 0.1) is 0 Å². The average molecular weight is 1030 g/mol. The molecule has 0 aliphatic heterocycles. The van der Waals surface area contributed by atoms with Gasteiger partial charge in [-0.05, 0) is 77.0 Å². The fraction of sp³-hybridized carbons (Fsp3) is 0.755. The summed E-state index contributed by atoms with van der Waals surface area (Å²) >= 11 is 0. The lowest BCUT2D eigenvalue weighted by atomic mass is 9.85. The van der Waals surface area contributed by atoms with Crippen molar-refractivity contribution in [1.29, 1.82) is 0 Å².